The van der Waals surface area contributed by atoms with E-state index in [9.17, 15) is 32.7 Å². The Bertz CT molecular complexity index is 948. The van der Waals surface area contributed by atoms with Gasteiger partial charge < -0.3 is 5.11 Å². The number of carboxylic acids is 1. The topological polar surface area (TPSA) is 74.7 Å². The number of amides is 2. The molecule has 1 N–H and O–H groups in total. The summed E-state index contributed by atoms with van der Waals surface area (Å²) in [6, 6.07) is 11.3. The maximum Gasteiger partial charge on any atom is 0.446 e. The van der Waals surface area contributed by atoms with Crippen molar-refractivity contribution in [3.63, 3.8) is 0 Å². The molecule has 1 heterocycles. The highest BCUT2D eigenvalue weighted by Gasteiger charge is 2.42. The average Bonchev–Trinajstić information content (AvgIpc) is 2.88. The van der Waals surface area contributed by atoms with Gasteiger partial charge in [0, 0.05) is 16.2 Å². The molecule has 0 saturated carbocycles. The van der Waals surface area contributed by atoms with E-state index in [0.717, 1.165) is 16.7 Å². The minimum atomic E-state index is -4.57. The molecule has 0 bridgehead atoms. The van der Waals surface area contributed by atoms with Crippen LogP contribution in [0.5, 0.6) is 0 Å². The Kier molecular flexibility index (Phi) is 5.71. The number of carboxylic acid groups (broad SMARTS) is 1. The second kappa shape index (κ2) is 7.88. The van der Waals surface area contributed by atoms with Crippen molar-refractivity contribution in [2.45, 2.75) is 27.0 Å². The van der Waals surface area contributed by atoms with Gasteiger partial charge in [0.05, 0.1) is 16.5 Å². The number of hydrogen-bond donors (Lipinski definition) is 1. The lowest BCUT2D eigenvalue weighted by Crippen LogP contribution is -2.31. The molecule has 28 heavy (non-hydrogen) atoms. The van der Waals surface area contributed by atoms with Crippen LogP contribution in [0.2, 0.25) is 0 Å². The molecule has 0 spiro atoms. The van der Waals surface area contributed by atoms with Gasteiger partial charge in [-0.1, -0.05) is 24.3 Å². The molecule has 1 aliphatic rings. The predicted octanol–water partition coefficient (Wildman–Crippen LogP) is 4.42. The number of hydrogen-bond acceptors (Lipinski definition) is 5. The van der Waals surface area contributed by atoms with E-state index in [1.165, 1.54) is 42.5 Å². The molecule has 2 amide bonds. The summed E-state index contributed by atoms with van der Waals surface area (Å²) in [5.41, 5.74) is -4.72. The summed E-state index contributed by atoms with van der Waals surface area (Å²) in [6.07, 6.45) is -0.234. The van der Waals surface area contributed by atoms with Crippen LogP contribution in [0.15, 0.2) is 58.3 Å². The van der Waals surface area contributed by atoms with Crippen LogP contribution >= 0.6 is 23.5 Å². The zero-order chi connectivity index (χ0) is 20.5. The second-order valence-corrected chi connectivity index (χ2v) is 8.05. The van der Waals surface area contributed by atoms with Gasteiger partial charge in [-0.2, -0.15) is 13.2 Å². The number of carbonyl (C=O) groups is 3. The van der Waals surface area contributed by atoms with Crippen LogP contribution in [0.1, 0.15) is 16.8 Å². The van der Waals surface area contributed by atoms with E-state index in [2.05, 4.69) is 0 Å². The molecule has 1 aliphatic heterocycles. The number of thioether (sulfide) groups is 2. The summed E-state index contributed by atoms with van der Waals surface area (Å²) < 4.78 is 38.4. The van der Waals surface area contributed by atoms with Crippen LogP contribution in [-0.4, -0.2) is 33.6 Å². The fraction of sp³-hybridized carbons (Fsp3) is 0.167. The molecule has 10 heteroatoms. The molecule has 1 unspecified atom stereocenters. The lowest BCUT2D eigenvalue weighted by molar-refractivity contribution is -0.121. The molecule has 1 fully saturated rings. The third-order valence-electron chi connectivity index (χ3n) is 3.82. The third-order valence-corrected chi connectivity index (χ3v) is 5.88. The largest absolute Gasteiger partial charge is 0.478 e. The van der Waals surface area contributed by atoms with Crippen LogP contribution in [0.3, 0.4) is 0 Å². The summed E-state index contributed by atoms with van der Waals surface area (Å²) in [4.78, 5) is 37.3. The predicted molar refractivity (Wildman–Crippen MR) is 98.5 cm³/mol. The monoisotopic (exact) mass is 427 g/mol. The van der Waals surface area contributed by atoms with Crippen molar-refractivity contribution >= 4 is 47.0 Å². The first-order chi connectivity index (χ1) is 13.2. The summed E-state index contributed by atoms with van der Waals surface area (Å²) in [5.74, 6) is -2.49. The van der Waals surface area contributed by atoms with E-state index >= 15 is 0 Å². The summed E-state index contributed by atoms with van der Waals surface area (Å²) in [6.45, 7) is 0. The first-order valence-electron chi connectivity index (χ1n) is 7.88. The Morgan fingerprint density at radius 2 is 1.64 bits per heavy atom. The molecule has 1 atom stereocenters. The van der Waals surface area contributed by atoms with Gasteiger partial charge in [-0.3, -0.25) is 9.59 Å². The van der Waals surface area contributed by atoms with E-state index in [4.69, 9.17) is 0 Å². The smallest absolute Gasteiger partial charge is 0.446 e. The molecule has 146 valence electrons. The van der Waals surface area contributed by atoms with Crippen LogP contribution in [0.4, 0.5) is 18.9 Å². The number of carbonyl (C=O) groups excluding carboxylic acids is 2. The van der Waals surface area contributed by atoms with Gasteiger partial charge >= 0.3 is 11.5 Å². The Labute approximate surface area is 165 Å². The molecule has 1 saturated heterocycles. The maximum atomic E-state index is 12.8. The number of aromatic carboxylic acids is 1. The fourth-order valence-corrected chi connectivity index (χ4v) is 4.54. The number of anilines is 1. The maximum absolute atomic E-state index is 12.8. The Balaban J connectivity index is 1.89. The lowest BCUT2D eigenvalue weighted by Gasteiger charge is -2.19. The molecular weight excluding hydrogens is 415 g/mol. The van der Waals surface area contributed by atoms with Gasteiger partial charge in [-0.25, -0.2) is 9.69 Å². The van der Waals surface area contributed by atoms with Crippen LogP contribution in [0.25, 0.3) is 0 Å². The van der Waals surface area contributed by atoms with Crippen molar-refractivity contribution in [2.75, 3.05) is 4.90 Å². The van der Waals surface area contributed by atoms with Crippen molar-refractivity contribution in [2.24, 2.45) is 0 Å². The van der Waals surface area contributed by atoms with Crippen molar-refractivity contribution < 1.29 is 32.7 Å². The highest BCUT2D eigenvalue weighted by Crippen LogP contribution is 2.43. The van der Waals surface area contributed by atoms with E-state index in [1.807, 2.05) is 0 Å². The van der Waals surface area contributed by atoms with E-state index in [0.29, 0.717) is 4.90 Å². The van der Waals surface area contributed by atoms with E-state index in [-0.39, 0.29) is 22.6 Å². The molecule has 0 radical (unpaired) electrons. The van der Waals surface area contributed by atoms with E-state index in [1.54, 1.807) is 6.07 Å². The Morgan fingerprint density at radius 3 is 2.29 bits per heavy atom. The zero-order valence-corrected chi connectivity index (χ0v) is 15.6. The van der Waals surface area contributed by atoms with E-state index < -0.39 is 40.3 Å². The Hall–Kier alpha value is -2.46. The van der Waals surface area contributed by atoms with Gasteiger partial charge in [-0.15, -0.1) is 11.8 Å². The molecule has 5 nitrogen and oxygen atoms in total. The third kappa shape index (κ3) is 4.33. The fourth-order valence-electron chi connectivity index (χ4n) is 2.70. The molecule has 3 rings (SSSR count). The number of halogens is 3. The number of para-hydroxylation sites is 1. The highest BCUT2D eigenvalue weighted by molar-refractivity contribution is 8.01. The van der Waals surface area contributed by atoms with Gasteiger partial charge in [-0.05, 0) is 36.0 Å². The number of nitrogens with zero attached hydrogens (tertiary/aromatic N) is 1. The molecule has 2 aromatic rings. The van der Waals surface area contributed by atoms with Crippen molar-refractivity contribution in [3.8, 4) is 0 Å². The van der Waals surface area contributed by atoms with Crippen molar-refractivity contribution in [1.29, 1.82) is 0 Å². The van der Waals surface area contributed by atoms with Gasteiger partial charge in [0.25, 0.3) is 0 Å². The summed E-state index contributed by atoms with van der Waals surface area (Å²) in [5, 5.41) is 8.33. The Morgan fingerprint density at radius 1 is 1.04 bits per heavy atom. The van der Waals surface area contributed by atoms with Crippen molar-refractivity contribution in [1.82, 2.24) is 0 Å². The first-order valence-corrected chi connectivity index (χ1v) is 9.57. The SMILES string of the molecule is O=C(O)c1ccccc1SC1CC(=O)N(c2ccccc2SC(F)(F)F)C1=O. The zero-order valence-electron chi connectivity index (χ0n) is 14.0. The number of alkyl halides is 3. The minimum Gasteiger partial charge on any atom is -0.478 e. The van der Waals surface area contributed by atoms with Crippen LogP contribution < -0.4 is 4.90 Å². The quantitative estimate of drug-likeness (QED) is 0.563. The van der Waals surface area contributed by atoms with Gasteiger partial charge in [0.1, 0.15) is 0 Å². The first kappa shape index (κ1) is 20.3. The summed E-state index contributed by atoms with van der Waals surface area (Å²) >= 11 is 0.513. The molecule has 2 aromatic carbocycles. The minimum absolute atomic E-state index is 0.0146. The average molecular weight is 427 g/mol. The summed E-state index contributed by atoms with van der Waals surface area (Å²) in [7, 11) is 0. The van der Waals surface area contributed by atoms with Crippen LogP contribution in [0, 0.1) is 0 Å². The highest BCUT2D eigenvalue weighted by atomic mass is 32.2. The van der Waals surface area contributed by atoms with Gasteiger partial charge in [0.2, 0.25) is 11.8 Å². The number of imide groups is 1. The molecule has 0 aliphatic carbocycles. The molecule has 0 aromatic heterocycles. The van der Waals surface area contributed by atoms with Crippen molar-refractivity contribution in [3.05, 3.63) is 54.1 Å². The molecular formula is C18H12F3NO4S2. The second-order valence-electron chi connectivity index (χ2n) is 5.69. The number of benzene rings is 2. The standard InChI is InChI=1S/C18H12F3NO4S2/c19-18(20,21)28-13-8-4-2-6-11(13)22-15(23)9-14(16(22)24)27-12-7-3-1-5-10(12)17(25)26/h1-8,14H,9H2,(H,25,26). The lowest BCUT2D eigenvalue weighted by atomic mass is 10.2. The van der Waals surface area contributed by atoms with Gasteiger partial charge in [0.15, 0.2) is 0 Å². The normalized spacial score (nSPS) is 17.2. The number of rotatable bonds is 5. The van der Waals surface area contributed by atoms with Crippen LogP contribution in [-0.2, 0) is 9.59 Å².